The number of carbonyl (C=O) groups is 1. The number of rotatable bonds is 5. The van der Waals surface area contributed by atoms with Crippen LogP contribution in [0.5, 0.6) is 0 Å². The number of nitrogens with one attached hydrogen (secondary N) is 2. The Hall–Kier alpha value is -2.74. The predicted octanol–water partition coefficient (Wildman–Crippen LogP) is 2.40. The van der Waals surface area contributed by atoms with Crippen molar-refractivity contribution in [1.82, 2.24) is 10.3 Å². The zero-order chi connectivity index (χ0) is 18.4. The van der Waals surface area contributed by atoms with Gasteiger partial charge in [0.05, 0.1) is 5.69 Å². The maximum absolute atomic E-state index is 12.2. The minimum atomic E-state index is -0.448. The van der Waals surface area contributed by atoms with Crippen molar-refractivity contribution in [3.63, 3.8) is 0 Å². The minimum absolute atomic E-state index is 0.282. The number of nitrogens with two attached hydrogens (primary N) is 2. The molecule has 0 saturated heterocycles. The van der Waals surface area contributed by atoms with E-state index in [0.29, 0.717) is 10.6 Å². The average molecular weight is 358 g/mol. The Morgan fingerprint density at radius 1 is 1.32 bits per heavy atom. The van der Waals surface area contributed by atoms with Crippen LogP contribution in [0.2, 0.25) is 0 Å². The molecule has 0 atom stereocenters. The summed E-state index contributed by atoms with van der Waals surface area (Å²) in [7, 11) is 0. The molecule has 1 heterocycles. The zero-order valence-electron chi connectivity index (χ0n) is 14.3. The first-order chi connectivity index (χ1) is 11.9. The van der Waals surface area contributed by atoms with Crippen LogP contribution >= 0.6 is 11.3 Å². The fourth-order valence-electron chi connectivity index (χ4n) is 2.25. The molecule has 0 radical (unpaired) electrons. The molecule has 1 aromatic carbocycles. The lowest BCUT2D eigenvalue weighted by atomic mass is 10.1. The summed E-state index contributed by atoms with van der Waals surface area (Å²) in [4.78, 5) is 20.6. The SMILES string of the molecule is CCCCc1ccc(-c2nc(C)c(C(=O)NC(=N)N=C(N)N)s2)cc1. The second kappa shape index (κ2) is 8.39. The van der Waals surface area contributed by atoms with E-state index in [2.05, 4.69) is 34.3 Å². The van der Waals surface area contributed by atoms with Gasteiger partial charge in [-0.1, -0.05) is 37.6 Å². The van der Waals surface area contributed by atoms with E-state index in [0.717, 1.165) is 17.0 Å². The molecule has 1 amide bonds. The van der Waals surface area contributed by atoms with Gasteiger partial charge in [0.15, 0.2) is 5.96 Å². The molecule has 2 rings (SSSR count). The maximum Gasteiger partial charge on any atom is 0.270 e. The average Bonchev–Trinajstić information content (AvgIpc) is 2.94. The van der Waals surface area contributed by atoms with Crippen molar-refractivity contribution >= 4 is 29.2 Å². The topological polar surface area (TPSA) is 130 Å². The Morgan fingerprint density at radius 2 is 2.00 bits per heavy atom. The summed E-state index contributed by atoms with van der Waals surface area (Å²) in [6.45, 7) is 3.93. The summed E-state index contributed by atoms with van der Waals surface area (Å²) >= 11 is 1.27. The normalized spacial score (nSPS) is 10.3. The number of aliphatic imine (C=N–C) groups is 1. The van der Waals surface area contributed by atoms with Crippen LogP contribution in [0.4, 0.5) is 0 Å². The molecule has 0 spiro atoms. The molecular weight excluding hydrogens is 336 g/mol. The van der Waals surface area contributed by atoms with Gasteiger partial charge in [0.25, 0.3) is 5.91 Å². The van der Waals surface area contributed by atoms with Gasteiger partial charge in [-0.2, -0.15) is 4.99 Å². The molecule has 8 heteroatoms. The third-order valence-corrected chi connectivity index (χ3v) is 4.70. The van der Waals surface area contributed by atoms with Gasteiger partial charge in [-0.05, 0) is 25.3 Å². The van der Waals surface area contributed by atoms with Gasteiger partial charge in [0, 0.05) is 5.56 Å². The summed E-state index contributed by atoms with van der Waals surface area (Å²) in [5.74, 6) is -1.13. The molecule has 0 aliphatic heterocycles. The van der Waals surface area contributed by atoms with Crippen molar-refractivity contribution in [2.45, 2.75) is 33.1 Å². The van der Waals surface area contributed by atoms with Gasteiger partial charge in [-0.3, -0.25) is 15.5 Å². The number of benzene rings is 1. The highest BCUT2D eigenvalue weighted by molar-refractivity contribution is 7.17. The lowest BCUT2D eigenvalue weighted by Gasteiger charge is -2.01. The summed E-state index contributed by atoms with van der Waals surface area (Å²) in [5.41, 5.74) is 13.2. The summed E-state index contributed by atoms with van der Waals surface area (Å²) in [6.07, 6.45) is 3.40. The molecule has 2 aromatic rings. The van der Waals surface area contributed by atoms with E-state index in [4.69, 9.17) is 16.9 Å². The standard InChI is InChI=1S/C17H22N6OS/c1-3-4-5-11-6-8-12(9-7-11)15-21-10(2)13(25-15)14(24)22-17(20)23-16(18)19/h6-9H,3-5H2,1-2H3,(H6,18,19,20,22,23,24). The number of unbranched alkanes of at least 4 members (excludes halogenated alkanes) is 1. The number of nitrogens with zero attached hydrogens (tertiary/aromatic N) is 2. The number of amides is 1. The number of carbonyl (C=O) groups excluding carboxylic acids is 1. The molecule has 6 N–H and O–H groups in total. The lowest BCUT2D eigenvalue weighted by molar-refractivity contribution is 0.0979. The van der Waals surface area contributed by atoms with Gasteiger partial charge < -0.3 is 11.5 Å². The van der Waals surface area contributed by atoms with E-state index < -0.39 is 11.9 Å². The molecule has 0 fully saturated rings. The smallest absolute Gasteiger partial charge is 0.270 e. The third kappa shape index (κ3) is 5.12. The van der Waals surface area contributed by atoms with Crippen molar-refractivity contribution in [1.29, 1.82) is 5.41 Å². The molecule has 25 heavy (non-hydrogen) atoms. The molecule has 0 bridgehead atoms. The van der Waals surface area contributed by atoms with Crippen LogP contribution < -0.4 is 16.8 Å². The number of hydrogen-bond acceptors (Lipinski definition) is 4. The number of aromatic nitrogens is 1. The first-order valence-corrected chi connectivity index (χ1v) is 8.78. The third-order valence-electron chi connectivity index (χ3n) is 3.50. The largest absolute Gasteiger partial charge is 0.370 e. The summed E-state index contributed by atoms with van der Waals surface area (Å²) in [6, 6.07) is 8.23. The van der Waals surface area contributed by atoms with Gasteiger partial charge in [-0.25, -0.2) is 4.98 Å². The quantitative estimate of drug-likeness (QED) is 0.483. The van der Waals surface area contributed by atoms with Crippen molar-refractivity contribution in [2.75, 3.05) is 0 Å². The van der Waals surface area contributed by atoms with Gasteiger partial charge in [-0.15, -0.1) is 11.3 Å². The monoisotopic (exact) mass is 358 g/mol. The Morgan fingerprint density at radius 3 is 2.60 bits per heavy atom. The molecule has 0 unspecified atom stereocenters. The van der Waals surface area contributed by atoms with Crippen LogP contribution in [-0.4, -0.2) is 22.8 Å². The highest BCUT2D eigenvalue weighted by atomic mass is 32.1. The zero-order valence-corrected chi connectivity index (χ0v) is 15.1. The molecular formula is C17H22N6OS. The van der Waals surface area contributed by atoms with Crippen molar-refractivity contribution < 1.29 is 4.79 Å². The van der Waals surface area contributed by atoms with Crippen LogP contribution in [0.1, 0.15) is 40.7 Å². The highest BCUT2D eigenvalue weighted by Crippen LogP contribution is 2.28. The van der Waals surface area contributed by atoms with Crippen LogP contribution in [0.25, 0.3) is 10.6 Å². The van der Waals surface area contributed by atoms with Crippen LogP contribution in [0, 0.1) is 12.3 Å². The van der Waals surface area contributed by atoms with Crippen molar-refractivity contribution in [3.8, 4) is 10.6 Å². The van der Waals surface area contributed by atoms with E-state index in [1.165, 1.54) is 29.7 Å². The molecule has 0 aliphatic carbocycles. The van der Waals surface area contributed by atoms with E-state index in [1.807, 2.05) is 12.1 Å². The number of aryl methyl sites for hydroxylation is 2. The molecule has 7 nitrogen and oxygen atoms in total. The van der Waals surface area contributed by atoms with Crippen LogP contribution in [0.3, 0.4) is 0 Å². The predicted molar refractivity (Wildman–Crippen MR) is 102 cm³/mol. The Balaban J connectivity index is 2.15. The Kier molecular flexibility index (Phi) is 6.24. The Labute approximate surface area is 150 Å². The first-order valence-electron chi connectivity index (χ1n) is 7.97. The van der Waals surface area contributed by atoms with E-state index in [9.17, 15) is 4.79 Å². The van der Waals surface area contributed by atoms with Gasteiger partial charge >= 0.3 is 0 Å². The van der Waals surface area contributed by atoms with Crippen molar-refractivity contribution in [3.05, 3.63) is 40.4 Å². The molecule has 0 saturated carbocycles. The van der Waals surface area contributed by atoms with E-state index in [1.54, 1.807) is 6.92 Å². The molecule has 0 aliphatic rings. The molecule has 1 aromatic heterocycles. The summed E-state index contributed by atoms with van der Waals surface area (Å²) < 4.78 is 0. The second-order valence-electron chi connectivity index (χ2n) is 5.57. The maximum atomic E-state index is 12.2. The fraction of sp³-hybridized carbons (Fsp3) is 0.294. The fourth-order valence-corrected chi connectivity index (χ4v) is 3.21. The summed E-state index contributed by atoms with van der Waals surface area (Å²) in [5, 5.41) is 10.6. The lowest BCUT2D eigenvalue weighted by Crippen LogP contribution is -2.32. The second-order valence-corrected chi connectivity index (χ2v) is 6.57. The van der Waals surface area contributed by atoms with E-state index >= 15 is 0 Å². The Bertz CT molecular complexity index is 790. The highest BCUT2D eigenvalue weighted by Gasteiger charge is 2.17. The molecule has 132 valence electrons. The van der Waals surface area contributed by atoms with Gasteiger partial charge in [0.1, 0.15) is 9.88 Å². The van der Waals surface area contributed by atoms with Crippen LogP contribution in [0.15, 0.2) is 29.3 Å². The number of guanidine groups is 2. The van der Waals surface area contributed by atoms with Crippen LogP contribution in [-0.2, 0) is 6.42 Å². The van der Waals surface area contributed by atoms with Crippen molar-refractivity contribution in [2.24, 2.45) is 16.5 Å². The van der Waals surface area contributed by atoms with E-state index in [-0.39, 0.29) is 5.96 Å². The number of hydrogen-bond donors (Lipinski definition) is 4. The number of thiazole rings is 1. The first kappa shape index (κ1) is 18.6. The minimum Gasteiger partial charge on any atom is -0.370 e. The van der Waals surface area contributed by atoms with Gasteiger partial charge in [0.2, 0.25) is 5.96 Å².